The van der Waals surface area contributed by atoms with Gasteiger partial charge in [-0.25, -0.2) is 4.79 Å². The van der Waals surface area contributed by atoms with Crippen LogP contribution in [0.25, 0.3) is 0 Å². The molecule has 1 saturated heterocycles. The minimum Gasteiger partial charge on any atom is -0.444 e. The van der Waals surface area contributed by atoms with Gasteiger partial charge in [0.15, 0.2) is 0 Å². The maximum atomic E-state index is 11.4. The van der Waals surface area contributed by atoms with Crippen LogP contribution >= 0.6 is 0 Å². The topological polar surface area (TPSA) is 50.9 Å². The van der Waals surface area contributed by atoms with Crippen LogP contribution in [0.3, 0.4) is 0 Å². The molecule has 0 aromatic heterocycles. The number of carbonyl (C=O) groups is 1. The Morgan fingerprint density at radius 2 is 2.19 bits per heavy atom. The van der Waals surface area contributed by atoms with Crippen LogP contribution in [0, 0.1) is 0 Å². The zero-order chi connectivity index (χ0) is 12.2. The molecule has 1 rings (SSSR count). The number of hydrogen-bond donors (Lipinski definition) is 1. The summed E-state index contributed by atoms with van der Waals surface area (Å²) in [6, 6.07) is 0.161. The standard InChI is InChI=1S/C12H23NO3/c1-9(6-5-7-10-8-15-10)13-11(14)16-12(2,3)4/h9-10H,5-8H2,1-4H3,(H,13,14). The van der Waals surface area contributed by atoms with Gasteiger partial charge in [0.25, 0.3) is 0 Å². The van der Waals surface area contributed by atoms with Crippen molar-refractivity contribution >= 4 is 6.09 Å². The molecule has 1 N–H and O–H groups in total. The van der Waals surface area contributed by atoms with Gasteiger partial charge in [-0.3, -0.25) is 0 Å². The third-order valence-electron chi connectivity index (χ3n) is 2.33. The van der Waals surface area contributed by atoms with Gasteiger partial charge in [0, 0.05) is 6.04 Å². The van der Waals surface area contributed by atoms with Gasteiger partial charge >= 0.3 is 6.09 Å². The number of ether oxygens (including phenoxy) is 2. The second-order valence-corrected chi connectivity index (χ2v) is 5.43. The molecule has 0 aromatic carbocycles. The molecule has 0 spiro atoms. The fraction of sp³-hybridized carbons (Fsp3) is 0.917. The van der Waals surface area contributed by atoms with Crippen LogP contribution in [0.5, 0.6) is 0 Å². The summed E-state index contributed by atoms with van der Waals surface area (Å²) in [7, 11) is 0. The van der Waals surface area contributed by atoms with Gasteiger partial charge in [-0.1, -0.05) is 0 Å². The van der Waals surface area contributed by atoms with Gasteiger partial charge in [-0.05, 0) is 47.0 Å². The molecule has 1 aliphatic heterocycles. The van der Waals surface area contributed by atoms with Crippen LogP contribution < -0.4 is 5.32 Å². The Morgan fingerprint density at radius 3 is 2.69 bits per heavy atom. The fourth-order valence-electron chi connectivity index (χ4n) is 1.47. The molecule has 2 unspecified atom stereocenters. The Morgan fingerprint density at radius 1 is 1.56 bits per heavy atom. The summed E-state index contributed by atoms with van der Waals surface area (Å²) in [4.78, 5) is 11.4. The molecule has 1 aliphatic rings. The maximum Gasteiger partial charge on any atom is 0.407 e. The number of hydrogen-bond acceptors (Lipinski definition) is 3. The van der Waals surface area contributed by atoms with E-state index in [1.165, 1.54) is 0 Å². The molecule has 0 saturated carbocycles. The lowest BCUT2D eigenvalue weighted by molar-refractivity contribution is 0.0506. The van der Waals surface area contributed by atoms with E-state index < -0.39 is 5.60 Å². The monoisotopic (exact) mass is 229 g/mol. The zero-order valence-corrected chi connectivity index (χ0v) is 10.7. The van der Waals surface area contributed by atoms with E-state index in [2.05, 4.69) is 5.32 Å². The zero-order valence-electron chi connectivity index (χ0n) is 10.7. The van der Waals surface area contributed by atoms with Gasteiger partial charge in [0.1, 0.15) is 5.60 Å². The van der Waals surface area contributed by atoms with Gasteiger partial charge < -0.3 is 14.8 Å². The van der Waals surface area contributed by atoms with E-state index in [0.717, 1.165) is 25.9 Å². The Kier molecular flexibility index (Phi) is 4.59. The van der Waals surface area contributed by atoms with Gasteiger partial charge in [0.2, 0.25) is 0 Å². The first-order valence-electron chi connectivity index (χ1n) is 5.98. The molecule has 1 fully saturated rings. The second-order valence-electron chi connectivity index (χ2n) is 5.43. The number of carbonyl (C=O) groups excluding carboxylic acids is 1. The summed E-state index contributed by atoms with van der Waals surface area (Å²) in [6.45, 7) is 8.50. The molecule has 1 amide bonds. The summed E-state index contributed by atoms with van der Waals surface area (Å²) in [5.74, 6) is 0. The van der Waals surface area contributed by atoms with Gasteiger partial charge in [0.05, 0.1) is 12.7 Å². The van der Waals surface area contributed by atoms with E-state index in [0.29, 0.717) is 6.10 Å². The summed E-state index contributed by atoms with van der Waals surface area (Å²) in [5.41, 5.74) is -0.425. The summed E-state index contributed by atoms with van der Waals surface area (Å²) >= 11 is 0. The normalized spacial score (nSPS) is 21.4. The largest absolute Gasteiger partial charge is 0.444 e. The minimum absolute atomic E-state index is 0.161. The van der Waals surface area contributed by atoms with Crippen LogP contribution in [0.1, 0.15) is 47.0 Å². The van der Waals surface area contributed by atoms with Crippen molar-refractivity contribution in [2.45, 2.75) is 64.7 Å². The third-order valence-corrected chi connectivity index (χ3v) is 2.33. The molecular formula is C12H23NO3. The SMILES string of the molecule is CC(CCCC1CO1)NC(=O)OC(C)(C)C. The first-order chi connectivity index (χ1) is 7.37. The molecule has 2 atom stereocenters. The highest BCUT2D eigenvalue weighted by atomic mass is 16.6. The van der Waals surface area contributed by atoms with E-state index in [4.69, 9.17) is 9.47 Å². The first-order valence-corrected chi connectivity index (χ1v) is 5.98. The van der Waals surface area contributed by atoms with E-state index in [9.17, 15) is 4.79 Å². The number of rotatable bonds is 5. The smallest absolute Gasteiger partial charge is 0.407 e. The highest BCUT2D eigenvalue weighted by molar-refractivity contribution is 5.67. The van der Waals surface area contributed by atoms with Gasteiger partial charge in [-0.2, -0.15) is 0 Å². The lowest BCUT2D eigenvalue weighted by Crippen LogP contribution is -2.37. The average molecular weight is 229 g/mol. The Bertz CT molecular complexity index is 231. The van der Waals surface area contributed by atoms with E-state index >= 15 is 0 Å². The van der Waals surface area contributed by atoms with Crippen LogP contribution in [0.4, 0.5) is 4.79 Å². The third kappa shape index (κ3) is 6.67. The molecule has 4 heteroatoms. The first kappa shape index (κ1) is 13.3. The van der Waals surface area contributed by atoms with Crippen molar-refractivity contribution in [3.8, 4) is 0 Å². The van der Waals surface area contributed by atoms with Crippen LogP contribution in [0.2, 0.25) is 0 Å². The molecule has 4 nitrogen and oxygen atoms in total. The molecule has 0 radical (unpaired) electrons. The van der Waals surface area contributed by atoms with Crippen molar-refractivity contribution in [2.24, 2.45) is 0 Å². The minimum atomic E-state index is -0.425. The number of epoxide rings is 1. The molecule has 94 valence electrons. The predicted octanol–water partition coefficient (Wildman–Crippen LogP) is 2.47. The molecule has 0 bridgehead atoms. The van der Waals surface area contributed by atoms with Gasteiger partial charge in [-0.15, -0.1) is 0 Å². The van der Waals surface area contributed by atoms with Crippen molar-refractivity contribution in [3.05, 3.63) is 0 Å². The van der Waals surface area contributed by atoms with Crippen molar-refractivity contribution in [2.75, 3.05) is 6.61 Å². The number of nitrogens with one attached hydrogen (secondary N) is 1. The van der Waals surface area contributed by atoms with E-state index in [-0.39, 0.29) is 12.1 Å². The molecular weight excluding hydrogens is 206 g/mol. The highest BCUT2D eigenvalue weighted by Crippen LogP contribution is 2.17. The molecule has 0 aromatic rings. The van der Waals surface area contributed by atoms with Crippen LogP contribution in [-0.4, -0.2) is 30.4 Å². The van der Waals surface area contributed by atoms with Crippen molar-refractivity contribution < 1.29 is 14.3 Å². The Balaban J connectivity index is 2.07. The fourth-order valence-corrected chi connectivity index (χ4v) is 1.47. The lowest BCUT2D eigenvalue weighted by Gasteiger charge is -2.21. The lowest BCUT2D eigenvalue weighted by atomic mass is 10.1. The summed E-state index contributed by atoms with van der Waals surface area (Å²) in [5, 5.41) is 2.83. The van der Waals surface area contributed by atoms with Crippen molar-refractivity contribution in [1.82, 2.24) is 5.32 Å². The molecule has 0 aliphatic carbocycles. The summed E-state index contributed by atoms with van der Waals surface area (Å²) < 4.78 is 10.3. The van der Waals surface area contributed by atoms with Crippen LogP contribution in [-0.2, 0) is 9.47 Å². The van der Waals surface area contributed by atoms with Crippen LogP contribution in [0.15, 0.2) is 0 Å². The number of amides is 1. The maximum absolute atomic E-state index is 11.4. The summed E-state index contributed by atoms with van der Waals surface area (Å²) in [6.07, 6.45) is 3.30. The Labute approximate surface area is 97.7 Å². The predicted molar refractivity (Wildman–Crippen MR) is 62.4 cm³/mol. The quantitative estimate of drug-likeness (QED) is 0.737. The number of alkyl carbamates (subject to hydrolysis) is 1. The molecule has 1 heterocycles. The van der Waals surface area contributed by atoms with E-state index in [1.54, 1.807) is 0 Å². The second kappa shape index (κ2) is 5.53. The Hall–Kier alpha value is -0.770. The molecule has 16 heavy (non-hydrogen) atoms. The highest BCUT2D eigenvalue weighted by Gasteiger charge is 2.22. The average Bonchev–Trinajstić information content (AvgIpc) is 2.83. The van der Waals surface area contributed by atoms with Crippen molar-refractivity contribution in [3.63, 3.8) is 0 Å². The van der Waals surface area contributed by atoms with Crippen molar-refractivity contribution in [1.29, 1.82) is 0 Å². The van der Waals surface area contributed by atoms with E-state index in [1.807, 2.05) is 27.7 Å².